The van der Waals surface area contributed by atoms with Crippen molar-refractivity contribution in [1.82, 2.24) is 30.8 Å². The number of rotatable bonds is 10. The van der Waals surface area contributed by atoms with E-state index >= 15 is 0 Å². The summed E-state index contributed by atoms with van der Waals surface area (Å²) in [5.74, 6) is 0.857. The number of nitrogens with zero attached hydrogens (tertiary/aromatic N) is 4. The van der Waals surface area contributed by atoms with E-state index in [4.69, 9.17) is 0 Å². The van der Waals surface area contributed by atoms with Gasteiger partial charge in [0.05, 0.1) is 0 Å². The normalized spacial score (nSPS) is 17.9. The lowest BCUT2D eigenvalue weighted by Crippen LogP contribution is -2.47. The van der Waals surface area contributed by atoms with Gasteiger partial charge < -0.3 is 20.9 Å². The highest BCUT2D eigenvalue weighted by molar-refractivity contribution is 5.76. The molecule has 31 heavy (non-hydrogen) atoms. The summed E-state index contributed by atoms with van der Waals surface area (Å²) < 4.78 is 0. The highest BCUT2D eigenvalue weighted by atomic mass is 16.2. The minimum Gasteiger partial charge on any atom is -0.356 e. The Morgan fingerprint density at radius 2 is 1.65 bits per heavy atom. The largest absolute Gasteiger partial charge is 0.356 e. The van der Waals surface area contributed by atoms with Gasteiger partial charge in [0.2, 0.25) is 11.9 Å². The topological polar surface area (TPSA) is 102 Å². The van der Waals surface area contributed by atoms with Gasteiger partial charge in [-0.1, -0.05) is 19.3 Å². The molecule has 3 N–H and O–H groups in total. The monoisotopic (exact) mass is 431 g/mol. The molecule has 3 rings (SSSR count). The van der Waals surface area contributed by atoms with Crippen molar-refractivity contribution in [3.63, 3.8) is 0 Å². The summed E-state index contributed by atoms with van der Waals surface area (Å²) in [6.07, 6.45) is 11.4. The summed E-state index contributed by atoms with van der Waals surface area (Å²) in [6, 6.07) is 2.04. The number of hydrogen-bond donors (Lipinski definition) is 3. The van der Waals surface area contributed by atoms with Crippen LogP contribution in [0.15, 0.2) is 18.5 Å². The van der Waals surface area contributed by atoms with Gasteiger partial charge in [0.1, 0.15) is 0 Å². The van der Waals surface area contributed by atoms with Crippen molar-refractivity contribution in [3.05, 3.63) is 18.5 Å². The molecule has 0 atom stereocenters. The number of urea groups is 1. The lowest BCUT2D eigenvalue weighted by molar-refractivity contribution is -0.121. The predicted molar refractivity (Wildman–Crippen MR) is 121 cm³/mol. The summed E-state index contributed by atoms with van der Waals surface area (Å²) in [5.41, 5.74) is 0. The molecule has 0 bridgehead atoms. The molecule has 1 aromatic rings. The zero-order valence-electron chi connectivity index (χ0n) is 18.5. The van der Waals surface area contributed by atoms with Crippen molar-refractivity contribution in [2.24, 2.45) is 0 Å². The molecule has 9 nitrogen and oxygen atoms in total. The third-order valence-corrected chi connectivity index (χ3v) is 5.99. The smallest absolute Gasteiger partial charge is 0.315 e. The van der Waals surface area contributed by atoms with Crippen LogP contribution in [0.2, 0.25) is 0 Å². The molecular formula is C22H37N7O2. The molecule has 1 saturated heterocycles. The Balaban J connectivity index is 1.16. The number of piperazine rings is 1. The molecule has 172 valence electrons. The van der Waals surface area contributed by atoms with Gasteiger partial charge >= 0.3 is 6.03 Å². The fourth-order valence-electron chi connectivity index (χ4n) is 4.18. The number of aromatic nitrogens is 2. The Morgan fingerprint density at radius 1 is 0.935 bits per heavy atom. The second kappa shape index (κ2) is 13.1. The van der Waals surface area contributed by atoms with Crippen molar-refractivity contribution < 1.29 is 9.59 Å². The summed E-state index contributed by atoms with van der Waals surface area (Å²) in [6.45, 7) is 6.03. The summed E-state index contributed by atoms with van der Waals surface area (Å²) in [4.78, 5) is 37.1. The first-order chi connectivity index (χ1) is 15.2. The Labute approximate surface area is 185 Å². The maximum atomic E-state index is 12.0. The third-order valence-electron chi connectivity index (χ3n) is 5.99. The standard InChI is InChI=1S/C22H37N7O2/c30-20(9-4-10-26-22(31)27-19-7-2-1-3-8-19)23-13-6-14-28-15-17-29(18-16-28)21-24-11-5-12-25-21/h5,11-12,19H,1-4,6-10,13-18H2,(H,23,30)(H2,26,27,31). The van der Waals surface area contributed by atoms with Crippen molar-refractivity contribution in [2.75, 3.05) is 50.7 Å². The number of hydrogen-bond acceptors (Lipinski definition) is 6. The van der Waals surface area contributed by atoms with E-state index in [9.17, 15) is 9.59 Å². The van der Waals surface area contributed by atoms with Crippen LogP contribution in [0.25, 0.3) is 0 Å². The van der Waals surface area contributed by atoms with Crippen LogP contribution in [-0.2, 0) is 4.79 Å². The van der Waals surface area contributed by atoms with Crippen LogP contribution in [-0.4, -0.2) is 78.7 Å². The van der Waals surface area contributed by atoms with Gasteiger partial charge in [-0.25, -0.2) is 14.8 Å². The molecule has 9 heteroatoms. The van der Waals surface area contributed by atoms with E-state index in [2.05, 4.69) is 35.7 Å². The zero-order chi connectivity index (χ0) is 21.7. The number of amides is 3. The van der Waals surface area contributed by atoms with E-state index in [1.54, 1.807) is 12.4 Å². The molecule has 2 aliphatic rings. The van der Waals surface area contributed by atoms with Gasteiger partial charge in [-0.15, -0.1) is 0 Å². The van der Waals surface area contributed by atoms with Crippen LogP contribution < -0.4 is 20.9 Å². The Morgan fingerprint density at radius 3 is 2.39 bits per heavy atom. The molecule has 2 heterocycles. The molecule has 1 aliphatic carbocycles. The molecule has 0 unspecified atom stereocenters. The molecule has 3 amide bonds. The van der Waals surface area contributed by atoms with Gasteiger partial charge in [0.25, 0.3) is 0 Å². The Kier molecular flexibility index (Phi) is 9.82. The SMILES string of the molecule is O=C(CCCNC(=O)NC1CCCCC1)NCCCN1CCN(c2ncccn2)CC1. The van der Waals surface area contributed by atoms with E-state index in [1.807, 2.05) is 6.07 Å². The molecule has 0 radical (unpaired) electrons. The molecule has 0 aromatic carbocycles. The molecule has 0 spiro atoms. The second-order valence-corrected chi connectivity index (χ2v) is 8.42. The minimum absolute atomic E-state index is 0.0561. The first kappa shape index (κ1) is 23.2. The van der Waals surface area contributed by atoms with Crippen molar-refractivity contribution in [1.29, 1.82) is 0 Å². The highest BCUT2D eigenvalue weighted by Gasteiger charge is 2.18. The van der Waals surface area contributed by atoms with Gasteiger partial charge in [0, 0.05) is 64.1 Å². The highest BCUT2D eigenvalue weighted by Crippen LogP contribution is 2.17. The maximum absolute atomic E-state index is 12.0. The molecule has 2 fully saturated rings. The lowest BCUT2D eigenvalue weighted by atomic mass is 9.96. The second-order valence-electron chi connectivity index (χ2n) is 8.42. The van der Waals surface area contributed by atoms with Crippen molar-refractivity contribution in [2.45, 2.75) is 57.4 Å². The maximum Gasteiger partial charge on any atom is 0.315 e. The Hall–Kier alpha value is -2.42. The van der Waals surface area contributed by atoms with Crippen LogP contribution in [0.1, 0.15) is 51.4 Å². The molecule has 1 aromatic heterocycles. The molecule has 1 aliphatic heterocycles. The van der Waals surface area contributed by atoms with E-state index in [1.165, 1.54) is 19.3 Å². The number of nitrogens with one attached hydrogen (secondary N) is 3. The lowest BCUT2D eigenvalue weighted by Gasteiger charge is -2.34. The van der Waals surface area contributed by atoms with E-state index in [0.717, 1.165) is 57.9 Å². The van der Waals surface area contributed by atoms with Crippen LogP contribution in [0, 0.1) is 0 Å². The molecular weight excluding hydrogens is 394 g/mol. The molecule has 1 saturated carbocycles. The van der Waals surface area contributed by atoms with E-state index in [0.29, 0.717) is 32.0 Å². The van der Waals surface area contributed by atoms with Gasteiger partial charge in [0.15, 0.2) is 0 Å². The minimum atomic E-state index is -0.105. The van der Waals surface area contributed by atoms with Crippen LogP contribution in [0.5, 0.6) is 0 Å². The van der Waals surface area contributed by atoms with Gasteiger partial charge in [-0.05, 0) is 38.3 Å². The summed E-state index contributed by atoms with van der Waals surface area (Å²) in [5, 5.41) is 8.87. The predicted octanol–water partition coefficient (Wildman–Crippen LogP) is 1.52. The first-order valence-electron chi connectivity index (χ1n) is 11.8. The van der Waals surface area contributed by atoms with E-state index < -0.39 is 0 Å². The zero-order valence-corrected chi connectivity index (χ0v) is 18.5. The van der Waals surface area contributed by atoms with Crippen molar-refractivity contribution >= 4 is 17.9 Å². The van der Waals surface area contributed by atoms with Crippen LogP contribution >= 0.6 is 0 Å². The quantitative estimate of drug-likeness (QED) is 0.486. The number of carbonyl (C=O) groups is 2. The fraction of sp³-hybridized carbons (Fsp3) is 0.727. The van der Waals surface area contributed by atoms with Crippen LogP contribution in [0.4, 0.5) is 10.7 Å². The van der Waals surface area contributed by atoms with Crippen molar-refractivity contribution in [3.8, 4) is 0 Å². The average Bonchev–Trinajstić information content (AvgIpc) is 2.81. The number of carbonyl (C=O) groups excluding carboxylic acids is 2. The Bertz CT molecular complexity index is 659. The average molecular weight is 432 g/mol. The summed E-state index contributed by atoms with van der Waals surface area (Å²) in [7, 11) is 0. The third kappa shape index (κ3) is 8.69. The first-order valence-corrected chi connectivity index (χ1v) is 11.8. The summed E-state index contributed by atoms with van der Waals surface area (Å²) >= 11 is 0. The van der Waals surface area contributed by atoms with Gasteiger partial charge in [-0.3, -0.25) is 9.69 Å². The number of anilines is 1. The fourth-order valence-corrected chi connectivity index (χ4v) is 4.18. The van der Waals surface area contributed by atoms with Crippen LogP contribution in [0.3, 0.4) is 0 Å². The van der Waals surface area contributed by atoms with Gasteiger partial charge in [-0.2, -0.15) is 0 Å². The van der Waals surface area contributed by atoms with E-state index in [-0.39, 0.29) is 11.9 Å².